The lowest BCUT2D eigenvalue weighted by Crippen LogP contribution is -2.37. The molecule has 0 atom stereocenters. The first-order chi connectivity index (χ1) is 12.5. The van der Waals surface area contributed by atoms with E-state index in [0.717, 1.165) is 30.1 Å². The number of hydrogen-bond acceptors (Lipinski definition) is 3. The zero-order valence-corrected chi connectivity index (χ0v) is 16.5. The first-order valence-electron chi connectivity index (χ1n) is 9.14. The van der Waals surface area contributed by atoms with Gasteiger partial charge in [0.15, 0.2) is 5.96 Å². The second-order valence-electron chi connectivity index (χ2n) is 6.49. The molecule has 1 aliphatic rings. The molecule has 7 heteroatoms. The lowest BCUT2D eigenvalue weighted by atomic mass is 9.97. The molecule has 0 aliphatic heterocycles. The summed E-state index contributed by atoms with van der Waals surface area (Å²) in [5, 5.41) is 6.64. The minimum absolute atomic E-state index is 0.00369. The monoisotopic (exact) mass is 378 g/mol. The van der Waals surface area contributed by atoms with Crippen molar-refractivity contribution in [3.63, 3.8) is 0 Å². The smallest absolute Gasteiger partial charge is 0.215 e. The van der Waals surface area contributed by atoms with Crippen LogP contribution >= 0.6 is 0 Å². The van der Waals surface area contributed by atoms with Crippen molar-refractivity contribution >= 4 is 16.0 Å². The number of allylic oxidation sites excluding steroid dienone is 1. The van der Waals surface area contributed by atoms with Crippen LogP contribution in [0.5, 0.6) is 0 Å². The third-order valence-electron chi connectivity index (χ3n) is 4.50. The molecule has 144 valence electrons. The minimum atomic E-state index is -3.23. The SMILES string of the molecule is CN=C(NCCC1=CCCCC1)NCc1ccc(CS(=O)(=O)NC)cc1. The summed E-state index contributed by atoms with van der Waals surface area (Å²) < 4.78 is 25.5. The summed E-state index contributed by atoms with van der Waals surface area (Å²) in [6.07, 6.45) is 8.51. The van der Waals surface area contributed by atoms with Gasteiger partial charge in [-0.1, -0.05) is 35.9 Å². The third kappa shape index (κ3) is 7.17. The molecule has 1 aromatic carbocycles. The molecule has 2 rings (SSSR count). The number of sulfonamides is 1. The molecule has 0 saturated heterocycles. The molecule has 0 radical (unpaired) electrons. The number of nitrogens with zero attached hydrogens (tertiary/aromatic N) is 1. The van der Waals surface area contributed by atoms with Crippen molar-refractivity contribution in [3.8, 4) is 0 Å². The largest absolute Gasteiger partial charge is 0.356 e. The summed E-state index contributed by atoms with van der Waals surface area (Å²) in [5.41, 5.74) is 3.39. The van der Waals surface area contributed by atoms with Crippen molar-refractivity contribution in [3.05, 3.63) is 47.0 Å². The van der Waals surface area contributed by atoms with E-state index in [2.05, 4.69) is 26.4 Å². The van der Waals surface area contributed by atoms with Crippen molar-refractivity contribution in [2.24, 2.45) is 4.99 Å². The molecule has 0 saturated carbocycles. The van der Waals surface area contributed by atoms with E-state index in [-0.39, 0.29) is 5.75 Å². The Morgan fingerprint density at radius 3 is 2.46 bits per heavy atom. The Hall–Kier alpha value is -1.86. The lowest BCUT2D eigenvalue weighted by Gasteiger charge is -2.15. The summed E-state index contributed by atoms with van der Waals surface area (Å²) >= 11 is 0. The van der Waals surface area contributed by atoms with Gasteiger partial charge in [-0.2, -0.15) is 0 Å². The normalized spacial score (nSPS) is 15.5. The van der Waals surface area contributed by atoms with Gasteiger partial charge in [-0.15, -0.1) is 0 Å². The molecular formula is C19H30N4O2S. The van der Waals surface area contributed by atoms with Crippen LogP contribution in [0.1, 0.15) is 43.2 Å². The van der Waals surface area contributed by atoms with Crippen LogP contribution in [0.3, 0.4) is 0 Å². The predicted molar refractivity (Wildman–Crippen MR) is 107 cm³/mol. The van der Waals surface area contributed by atoms with Crippen LogP contribution in [-0.2, 0) is 22.3 Å². The Morgan fingerprint density at radius 1 is 1.12 bits per heavy atom. The molecule has 0 bridgehead atoms. The van der Waals surface area contributed by atoms with Gasteiger partial charge in [0.1, 0.15) is 0 Å². The molecule has 6 nitrogen and oxygen atoms in total. The van der Waals surface area contributed by atoms with Crippen LogP contribution in [0.2, 0.25) is 0 Å². The van der Waals surface area contributed by atoms with E-state index >= 15 is 0 Å². The molecule has 0 unspecified atom stereocenters. The average molecular weight is 379 g/mol. The first-order valence-corrected chi connectivity index (χ1v) is 10.8. The zero-order valence-electron chi connectivity index (χ0n) is 15.7. The van der Waals surface area contributed by atoms with Gasteiger partial charge >= 0.3 is 0 Å². The van der Waals surface area contributed by atoms with E-state index in [0.29, 0.717) is 6.54 Å². The molecule has 0 fully saturated rings. The highest BCUT2D eigenvalue weighted by Crippen LogP contribution is 2.19. The number of rotatable bonds is 8. The van der Waals surface area contributed by atoms with E-state index in [9.17, 15) is 8.42 Å². The fraction of sp³-hybridized carbons (Fsp3) is 0.526. The number of guanidine groups is 1. The summed E-state index contributed by atoms with van der Waals surface area (Å²) in [5.74, 6) is 0.777. The topological polar surface area (TPSA) is 82.6 Å². The van der Waals surface area contributed by atoms with E-state index in [1.807, 2.05) is 24.3 Å². The van der Waals surface area contributed by atoms with Crippen LogP contribution in [-0.4, -0.2) is 35.0 Å². The maximum atomic E-state index is 11.6. The van der Waals surface area contributed by atoms with E-state index < -0.39 is 10.0 Å². The minimum Gasteiger partial charge on any atom is -0.356 e. The molecule has 0 heterocycles. The van der Waals surface area contributed by atoms with Gasteiger partial charge in [0.2, 0.25) is 10.0 Å². The number of benzene rings is 1. The van der Waals surface area contributed by atoms with Crippen LogP contribution in [0, 0.1) is 0 Å². The highest BCUT2D eigenvalue weighted by molar-refractivity contribution is 7.88. The van der Waals surface area contributed by atoms with E-state index in [1.165, 1.54) is 32.7 Å². The highest BCUT2D eigenvalue weighted by atomic mass is 32.2. The van der Waals surface area contributed by atoms with Crippen molar-refractivity contribution < 1.29 is 8.42 Å². The van der Waals surface area contributed by atoms with Gasteiger partial charge in [0.25, 0.3) is 0 Å². The van der Waals surface area contributed by atoms with Crippen LogP contribution in [0.25, 0.3) is 0 Å². The number of aliphatic imine (C=N–C) groups is 1. The Balaban J connectivity index is 1.76. The Labute approximate surface area is 157 Å². The Kier molecular flexibility index (Phi) is 8.12. The quantitative estimate of drug-likeness (QED) is 0.368. The summed E-state index contributed by atoms with van der Waals surface area (Å²) in [4.78, 5) is 4.25. The van der Waals surface area contributed by atoms with Gasteiger partial charge in [0, 0.05) is 20.1 Å². The fourth-order valence-electron chi connectivity index (χ4n) is 2.92. The van der Waals surface area contributed by atoms with Gasteiger partial charge in [0.05, 0.1) is 5.75 Å². The molecule has 1 aromatic rings. The Bertz CT molecular complexity index is 724. The fourth-order valence-corrected chi connectivity index (χ4v) is 3.70. The molecule has 0 spiro atoms. The maximum Gasteiger partial charge on any atom is 0.215 e. The van der Waals surface area contributed by atoms with Crippen molar-refractivity contribution in [2.75, 3.05) is 20.6 Å². The Morgan fingerprint density at radius 2 is 1.85 bits per heavy atom. The number of hydrogen-bond donors (Lipinski definition) is 3. The third-order valence-corrected chi connectivity index (χ3v) is 5.83. The van der Waals surface area contributed by atoms with Crippen molar-refractivity contribution in [2.45, 2.75) is 44.4 Å². The van der Waals surface area contributed by atoms with E-state index in [1.54, 1.807) is 12.6 Å². The predicted octanol–water partition coefficient (Wildman–Crippen LogP) is 2.29. The second-order valence-corrected chi connectivity index (χ2v) is 8.42. The van der Waals surface area contributed by atoms with Gasteiger partial charge < -0.3 is 10.6 Å². The molecular weight excluding hydrogens is 348 g/mol. The molecule has 3 N–H and O–H groups in total. The summed E-state index contributed by atoms with van der Waals surface area (Å²) in [7, 11) is -0.0417. The average Bonchev–Trinajstić information content (AvgIpc) is 2.66. The molecule has 1 aliphatic carbocycles. The van der Waals surface area contributed by atoms with Crippen LogP contribution < -0.4 is 15.4 Å². The summed E-state index contributed by atoms with van der Waals surface area (Å²) in [6.45, 7) is 1.52. The van der Waals surface area contributed by atoms with Crippen LogP contribution in [0.15, 0.2) is 40.9 Å². The molecule has 0 amide bonds. The lowest BCUT2D eigenvalue weighted by molar-refractivity contribution is 0.587. The van der Waals surface area contributed by atoms with E-state index in [4.69, 9.17) is 0 Å². The van der Waals surface area contributed by atoms with Gasteiger partial charge in [-0.3, -0.25) is 4.99 Å². The second kappa shape index (κ2) is 10.3. The molecule has 26 heavy (non-hydrogen) atoms. The van der Waals surface area contributed by atoms with Crippen molar-refractivity contribution in [1.29, 1.82) is 0 Å². The van der Waals surface area contributed by atoms with Crippen LogP contribution in [0.4, 0.5) is 0 Å². The van der Waals surface area contributed by atoms with Gasteiger partial charge in [-0.25, -0.2) is 13.1 Å². The molecule has 0 aromatic heterocycles. The van der Waals surface area contributed by atoms with Crippen molar-refractivity contribution in [1.82, 2.24) is 15.4 Å². The highest BCUT2D eigenvalue weighted by Gasteiger charge is 2.08. The summed E-state index contributed by atoms with van der Waals surface area (Å²) in [6, 6.07) is 7.57. The standard InChI is InChI=1S/C19H30N4O2S/c1-20-19(22-13-12-16-6-4-3-5-7-16)23-14-17-8-10-18(11-9-17)15-26(24,25)21-2/h6,8-11,21H,3-5,7,12-15H2,1-2H3,(H2,20,22,23). The number of nitrogens with one attached hydrogen (secondary N) is 3. The van der Waals surface area contributed by atoms with Gasteiger partial charge in [-0.05, 0) is 50.3 Å². The first kappa shape index (κ1) is 20.5. The maximum absolute atomic E-state index is 11.6. The zero-order chi connectivity index (χ0) is 18.8.